The number of carbonyl (C=O) groups excluding carboxylic acids is 2. The Kier molecular flexibility index (Phi) is 4.03. The van der Waals surface area contributed by atoms with Gasteiger partial charge in [0, 0.05) is 12.8 Å². The Morgan fingerprint density at radius 2 is 2.05 bits per heavy atom. The van der Waals surface area contributed by atoms with Gasteiger partial charge in [-0.3, -0.25) is 9.59 Å². The van der Waals surface area contributed by atoms with Gasteiger partial charge >= 0.3 is 0 Å². The summed E-state index contributed by atoms with van der Waals surface area (Å²) in [6.07, 6.45) is 7.21. The molecule has 1 atom stereocenters. The fourth-order valence-corrected chi connectivity index (χ4v) is 4.25. The third-order valence-corrected chi connectivity index (χ3v) is 5.30. The van der Waals surface area contributed by atoms with Crippen molar-refractivity contribution in [2.45, 2.75) is 65.2 Å². The van der Waals surface area contributed by atoms with E-state index in [1.807, 2.05) is 13.0 Å². The summed E-state index contributed by atoms with van der Waals surface area (Å²) in [5.74, 6) is 0.264. The lowest BCUT2D eigenvalue weighted by atomic mass is 9.78. The van der Waals surface area contributed by atoms with E-state index in [1.54, 1.807) is 0 Å². The molecular formula is C20H24O2. The first kappa shape index (κ1) is 15.2. The molecule has 1 unspecified atom stereocenters. The van der Waals surface area contributed by atoms with Crippen molar-refractivity contribution < 1.29 is 9.59 Å². The highest BCUT2D eigenvalue weighted by molar-refractivity contribution is 6.20. The van der Waals surface area contributed by atoms with E-state index < -0.39 is 0 Å². The van der Waals surface area contributed by atoms with E-state index in [0.29, 0.717) is 18.4 Å². The Morgan fingerprint density at radius 3 is 2.73 bits per heavy atom. The number of benzene rings is 1. The van der Waals surface area contributed by atoms with Crippen LogP contribution in [0, 0.1) is 13.8 Å². The van der Waals surface area contributed by atoms with Crippen LogP contribution < -0.4 is 0 Å². The quantitative estimate of drug-likeness (QED) is 0.785. The Bertz CT molecular complexity index is 679. The summed E-state index contributed by atoms with van der Waals surface area (Å²) in [5, 5.41) is 0. The fraction of sp³-hybridized carbons (Fsp3) is 0.500. The summed E-state index contributed by atoms with van der Waals surface area (Å²) in [6, 6.07) is 2.32. The standard InChI is InChI=1S/C20H24O2/c1-4-18(21)17-9-8-15(11-19(17)22)20-12(2)10-14-6-5-7-16(14)13(20)3/h9-10,15H,4-8,11H2,1-3H3. The lowest BCUT2D eigenvalue weighted by Crippen LogP contribution is -2.21. The van der Waals surface area contributed by atoms with Crippen molar-refractivity contribution in [1.29, 1.82) is 0 Å². The lowest BCUT2D eigenvalue weighted by molar-refractivity contribution is -0.121. The number of hydrogen-bond acceptors (Lipinski definition) is 2. The molecule has 0 spiro atoms. The first-order chi connectivity index (χ1) is 10.5. The van der Waals surface area contributed by atoms with E-state index in [9.17, 15) is 9.59 Å². The van der Waals surface area contributed by atoms with Crippen molar-refractivity contribution in [2.24, 2.45) is 0 Å². The SMILES string of the molecule is CCC(=O)C1=CCC(c2c(C)cc3c(c2C)CCC3)CC1=O. The molecular weight excluding hydrogens is 272 g/mol. The van der Waals surface area contributed by atoms with Gasteiger partial charge in [-0.25, -0.2) is 0 Å². The van der Waals surface area contributed by atoms with Crippen LogP contribution in [0.2, 0.25) is 0 Å². The van der Waals surface area contributed by atoms with Crippen LogP contribution >= 0.6 is 0 Å². The molecule has 0 saturated carbocycles. The van der Waals surface area contributed by atoms with Gasteiger partial charge in [0.25, 0.3) is 0 Å². The van der Waals surface area contributed by atoms with Gasteiger partial charge in [0.1, 0.15) is 0 Å². The maximum absolute atomic E-state index is 12.3. The predicted octanol–water partition coefficient (Wildman–Crippen LogP) is 4.14. The zero-order valence-electron chi connectivity index (χ0n) is 13.8. The van der Waals surface area contributed by atoms with Crippen molar-refractivity contribution in [1.82, 2.24) is 0 Å². The van der Waals surface area contributed by atoms with Crippen molar-refractivity contribution in [3.8, 4) is 0 Å². The molecule has 2 aliphatic rings. The minimum absolute atomic E-state index is 0.00847. The monoisotopic (exact) mass is 296 g/mol. The summed E-state index contributed by atoms with van der Waals surface area (Å²) in [7, 11) is 0. The lowest BCUT2D eigenvalue weighted by Gasteiger charge is -2.25. The molecule has 3 rings (SSSR count). The minimum atomic E-state index is -0.00847. The third kappa shape index (κ3) is 2.45. The molecule has 2 aliphatic carbocycles. The molecule has 116 valence electrons. The Balaban J connectivity index is 1.96. The summed E-state index contributed by atoms with van der Waals surface area (Å²) in [5.41, 5.74) is 7.51. The smallest absolute Gasteiger partial charge is 0.166 e. The van der Waals surface area contributed by atoms with E-state index in [4.69, 9.17) is 0 Å². The van der Waals surface area contributed by atoms with Crippen LogP contribution in [0.15, 0.2) is 17.7 Å². The maximum Gasteiger partial charge on any atom is 0.166 e. The molecule has 2 heteroatoms. The van der Waals surface area contributed by atoms with Crippen LogP contribution in [-0.4, -0.2) is 11.6 Å². The van der Waals surface area contributed by atoms with E-state index in [-0.39, 0.29) is 17.5 Å². The molecule has 2 nitrogen and oxygen atoms in total. The van der Waals surface area contributed by atoms with Gasteiger partial charge in [-0.15, -0.1) is 0 Å². The van der Waals surface area contributed by atoms with Gasteiger partial charge in [0.05, 0.1) is 5.57 Å². The largest absolute Gasteiger partial charge is 0.294 e. The summed E-state index contributed by atoms with van der Waals surface area (Å²) >= 11 is 0. The molecule has 0 N–H and O–H groups in total. The summed E-state index contributed by atoms with van der Waals surface area (Å²) < 4.78 is 0. The van der Waals surface area contributed by atoms with Crippen LogP contribution in [0.5, 0.6) is 0 Å². The molecule has 0 radical (unpaired) electrons. The molecule has 22 heavy (non-hydrogen) atoms. The Hall–Kier alpha value is -1.70. The molecule has 0 fully saturated rings. The average Bonchev–Trinajstić information content (AvgIpc) is 2.95. The van der Waals surface area contributed by atoms with Crippen LogP contribution in [0.25, 0.3) is 0 Å². The van der Waals surface area contributed by atoms with Crippen LogP contribution in [-0.2, 0) is 22.4 Å². The topological polar surface area (TPSA) is 34.1 Å². The molecule has 1 aromatic rings. The molecule has 0 bridgehead atoms. The van der Waals surface area contributed by atoms with Crippen LogP contribution in [0.1, 0.15) is 66.3 Å². The average molecular weight is 296 g/mol. The fourth-order valence-electron chi connectivity index (χ4n) is 4.25. The van der Waals surface area contributed by atoms with Gasteiger partial charge in [0.2, 0.25) is 0 Å². The van der Waals surface area contributed by atoms with Gasteiger partial charge in [-0.05, 0) is 73.3 Å². The highest BCUT2D eigenvalue weighted by Crippen LogP contribution is 2.38. The number of fused-ring (bicyclic) bond motifs is 1. The molecule has 1 aromatic carbocycles. The highest BCUT2D eigenvalue weighted by atomic mass is 16.1. The molecule has 0 amide bonds. The Labute approximate surface area is 132 Å². The first-order valence-corrected chi connectivity index (χ1v) is 8.41. The Morgan fingerprint density at radius 1 is 1.27 bits per heavy atom. The number of aryl methyl sites for hydroxylation is 2. The zero-order valence-corrected chi connectivity index (χ0v) is 13.8. The second-order valence-electron chi connectivity index (χ2n) is 6.68. The third-order valence-electron chi connectivity index (χ3n) is 5.30. The van der Waals surface area contributed by atoms with E-state index >= 15 is 0 Å². The first-order valence-electron chi connectivity index (χ1n) is 8.41. The van der Waals surface area contributed by atoms with Gasteiger partial charge in [-0.1, -0.05) is 19.1 Å². The van der Waals surface area contributed by atoms with Gasteiger partial charge in [0.15, 0.2) is 11.6 Å². The number of Topliss-reactive ketones (excluding diaryl/α,β-unsaturated/α-hetero) is 2. The molecule has 0 aliphatic heterocycles. The van der Waals surface area contributed by atoms with Crippen molar-refractivity contribution in [2.75, 3.05) is 0 Å². The van der Waals surface area contributed by atoms with Crippen LogP contribution in [0.3, 0.4) is 0 Å². The van der Waals surface area contributed by atoms with E-state index in [2.05, 4.69) is 19.9 Å². The molecule has 0 aromatic heterocycles. The number of carbonyl (C=O) groups is 2. The highest BCUT2D eigenvalue weighted by Gasteiger charge is 2.29. The summed E-state index contributed by atoms with van der Waals surface area (Å²) in [6.45, 7) is 6.20. The second-order valence-corrected chi connectivity index (χ2v) is 6.68. The van der Waals surface area contributed by atoms with E-state index in [1.165, 1.54) is 47.1 Å². The molecule has 0 saturated heterocycles. The number of rotatable bonds is 3. The van der Waals surface area contributed by atoms with Gasteiger partial charge < -0.3 is 0 Å². The van der Waals surface area contributed by atoms with E-state index in [0.717, 1.165) is 6.42 Å². The minimum Gasteiger partial charge on any atom is -0.294 e. The predicted molar refractivity (Wildman–Crippen MR) is 88.3 cm³/mol. The van der Waals surface area contributed by atoms with Crippen molar-refractivity contribution in [3.05, 3.63) is 45.5 Å². The van der Waals surface area contributed by atoms with Gasteiger partial charge in [-0.2, -0.15) is 0 Å². The second kappa shape index (κ2) is 5.83. The normalized spacial score (nSPS) is 20.8. The van der Waals surface area contributed by atoms with Crippen molar-refractivity contribution in [3.63, 3.8) is 0 Å². The zero-order chi connectivity index (χ0) is 15.9. The van der Waals surface area contributed by atoms with Crippen molar-refractivity contribution >= 4 is 11.6 Å². The number of ketones is 2. The number of allylic oxidation sites excluding steroid dienone is 2. The molecule has 0 heterocycles. The maximum atomic E-state index is 12.3. The summed E-state index contributed by atoms with van der Waals surface area (Å²) in [4.78, 5) is 24.2. The number of hydrogen-bond donors (Lipinski definition) is 0. The van der Waals surface area contributed by atoms with Crippen LogP contribution in [0.4, 0.5) is 0 Å².